The van der Waals surface area contributed by atoms with Gasteiger partial charge in [0.15, 0.2) is 5.65 Å². The van der Waals surface area contributed by atoms with Crippen molar-refractivity contribution in [2.75, 3.05) is 11.9 Å². The van der Waals surface area contributed by atoms with Crippen LogP contribution in [0, 0.1) is 26.7 Å². The van der Waals surface area contributed by atoms with Crippen molar-refractivity contribution >= 4 is 16.9 Å². The zero-order chi connectivity index (χ0) is 16.6. The van der Waals surface area contributed by atoms with E-state index in [1.54, 1.807) is 6.33 Å². The monoisotopic (exact) mass is 309 g/mol. The van der Waals surface area contributed by atoms with Crippen molar-refractivity contribution in [3.63, 3.8) is 0 Å². The van der Waals surface area contributed by atoms with E-state index in [1.165, 1.54) is 11.1 Å². The number of nitrogens with one attached hydrogen (secondary N) is 1. The maximum absolute atomic E-state index is 4.53. The number of rotatable bonds is 4. The summed E-state index contributed by atoms with van der Waals surface area (Å²) in [5.41, 5.74) is 4.42. The predicted molar refractivity (Wildman–Crippen MR) is 94.2 cm³/mol. The molecule has 0 radical (unpaired) electrons. The van der Waals surface area contributed by atoms with Crippen LogP contribution in [0.3, 0.4) is 0 Å². The van der Waals surface area contributed by atoms with Crippen molar-refractivity contribution in [3.05, 3.63) is 41.5 Å². The molecule has 0 unspecified atom stereocenters. The van der Waals surface area contributed by atoms with Crippen molar-refractivity contribution < 1.29 is 0 Å². The van der Waals surface area contributed by atoms with E-state index < -0.39 is 0 Å². The van der Waals surface area contributed by atoms with E-state index >= 15 is 0 Å². The number of hydrogen-bond acceptors (Lipinski definition) is 4. The van der Waals surface area contributed by atoms with E-state index in [9.17, 15) is 0 Å². The van der Waals surface area contributed by atoms with E-state index in [4.69, 9.17) is 0 Å². The molecule has 0 aliphatic heterocycles. The summed E-state index contributed by atoms with van der Waals surface area (Å²) in [6.07, 6.45) is 3.46. The second-order valence-electron chi connectivity index (χ2n) is 6.43. The van der Waals surface area contributed by atoms with Crippen LogP contribution in [0.25, 0.3) is 16.9 Å². The Balaban J connectivity index is 2.21. The number of pyridine rings is 1. The molecule has 3 aromatic rings. The van der Waals surface area contributed by atoms with Crippen molar-refractivity contribution in [1.82, 2.24) is 19.5 Å². The molecule has 0 fully saturated rings. The van der Waals surface area contributed by atoms with Crippen molar-refractivity contribution in [1.29, 1.82) is 0 Å². The molecular weight excluding hydrogens is 286 g/mol. The molecule has 0 aromatic carbocycles. The Morgan fingerprint density at radius 3 is 2.61 bits per heavy atom. The van der Waals surface area contributed by atoms with Crippen LogP contribution < -0.4 is 5.32 Å². The summed E-state index contributed by atoms with van der Waals surface area (Å²) < 4.78 is 2.11. The highest BCUT2D eigenvalue weighted by molar-refractivity contribution is 5.92. The third kappa shape index (κ3) is 2.79. The highest BCUT2D eigenvalue weighted by atomic mass is 15.1. The first-order valence-electron chi connectivity index (χ1n) is 7.98. The molecule has 5 nitrogen and oxygen atoms in total. The standard InChI is InChI=1S/C18H23N5/c1-11(2)9-20-17-16-13(4)14(5)23(18(16)22-10-21-17)15-8-12(3)6-7-19-15/h6-8,10-11H,9H2,1-5H3,(H,20,21,22). The van der Waals surface area contributed by atoms with E-state index in [1.807, 2.05) is 12.3 Å². The summed E-state index contributed by atoms with van der Waals surface area (Å²) in [5, 5.41) is 4.52. The number of fused-ring (bicyclic) bond motifs is 1. The first-order chi connectivity index (χ1) is 11.0. The van der Waals surface area contributed by atoms with Gasteiger partial charge in [0.05, 0.1) is 5.39 Å². The van der Waals surface area contributed by atoms with Gasteiger partial charge in [-0.1, -0.05) is 13.8 Å². The molecule has 0 bridgehead atoms. The van der Waals surface area contributed by atoms with Crippen LogP contribution in [-0.2, 0) is 0 Å². The predicted octanol–water partition coefficient (Wildman–Crippen LogP) is 3.81. The minimum Gasteiger partial charge on any atom is -0.369 e. The Kier molecular flexibility index (Phi) is 4.03. The topological polar surface area (TPSA) is 55.6 Å². The summed E-state index contributed by atoms with van der Waals surface area (Å²) in [5.74, 6) is 2.35. The molecule has 3 heterocycles. The fraction of sp³-hybridized carbons (Fsp3) is 0.389. The molecule has 23 heavy (non-hydrogen) atoms. The van der Waals surface area contributed by atoms with Crippen molar-refractivity contribution in [2.45, 2.75) is 34.6 Å². The van der Waals surface area contributed by atoms with Gasteiger partial charge in [-0.3, -0.25) is 4.57 Å². The molecular formula is C18H23N5. The minimum atomic E-state index is 0.557. The van der Waals surface area contributed by atoms with Crippen molar-refractivity contribution in [3.8, 4) is 5.82 Å². The lowest BCUT2D eigenvalue weighted by atomic mass is 10.2. The van der Waals surface area contributed by atoms with Crippen molar-refractivity contribution in [2.24, 2.45) is 5.92 Å². The van der Waals surface area contributed by atoms with Gasteiger partial charge in [0.2, 0.25) is 0 Å². The normalized spacial score (nSPS) is 11.4. The molecule has 3 rings (SSSR count). The molecule has 3 aromatic heterocycles. The third-order valence-electron chi connectivity index (χ3n) is 4.10. The third-order valence-corrected chi connectivity index (χ3v) is 4.10. The SMILES string of the molecule is Cc1ccnc(-n2c(C)c(C)c3c(NCC(C)C)ncnc32)c1. The Hall–Kier alpha value is -2.43. The van der Waals surface area contributed by atoms with Gasteiger partial charge in [0, 0.05) is 18.4 Å². The maximum Gasteiger partial charge on any atom is 0.151 e. The van der Waals surface area contributed by atoms with Gasteiger partial charge in [0.1, 0.15) is 18.0 Å². The summed E-state index contributed by atoms with van der Waals surface area (Å²) >= 11 is 0. The molecule has 0 saturated heterocycles. The molecule has 120 valence electrons. The fourth-order valence-electron chi connectivity index (χ4n) is 2.76. The Labute approximate surface area is 136 Å². The molecule has 0 atom stereocenters. The number of nitrogens with zero attached hydrogens (tertiary/aromatic N) is 4. The second kappa shape index (κ2) is 5.99. The van der Waals surface area contributed by atoms with Gasteiger partial charge in [0.25, 0.3) is 0 Å². The quantitative estimate of drug-likeness (QED) is 0.796. The number of aryl methyl sites for hydroxylation is 2. The largest absolute Gasteiger partial charge is 0.369 e. The van der Waals surface area contributed by atoms with Gasteiger partial charge in [-0.25, -0.2) is 15.0 Å². The summed E-state index contributed by atoms with van der Waals surface area (Å²) in [7, 11) is 0. The molecule has 0 aliphatic carbocycles. The Morgan fingerprint density at radius 2 is 1.91 bits per heavy atom. The second-order valence-corrected chi connectivity index (χ2v) is 6.43. The Morgan fingerprint density at radius 1 is 1.13 bits per heavy atom. The number of aromatic nitrogens is 4. The van der Waals surface area contributed by atoms with Crippen LogP contribution in [0.1, 0.15) is 30.7 Å². The highest BCUT2D eigenvalue weighted by Crippen LogP contribution is 2.30. The number of anilines is 1. The summed E-state index contributed by atoms with van der Waals surface area (Å²) in [6, 6.07) is 4.08. The molecule has 0 amide bonds. The zero-order valence-electron chi connectivity index (χ0n) is 14.4. The van der Waals surface area contributed by atoms with E-state index in [-0.39, 0.29) is 0 Å². The van der Waals surface area contributed by atoms with Gasteiger partial charge in [-0.15, -0.1) is 0 Å². The Bertz CT molecular complexity index is 848. The van der Waals surface area contributed by atoms with Crippen LogP contribution in [0.15, 0.2) is 24.7 Å². The minimum absolute atomic E-state index is 0.557. The van der Waals surface area contributed by atoms with E-state index in [0.717, 1.165) is 34.9 Å². The first-order valence-corrected chi connectivity index (χ1v) is 7.98. The average molecular weight is 309 g/mol. The average Bonchev–Trinajstić information content (AvgIpc) is 2.77. The highest BCUT2D eigenvalue weighted by Gasteiger charge is 2.18. The lowest BCUT2D eigenvalue weighted by Crippen LogP contribution is -2.10. The first kappa shape index (κ1) is 15.5. The lowest BCUT2D eigenvalue weighted by molar-refractivity contribution is 0.687. The maximum atomic E-state index is 4.53. The number of hydrogen-bond donors (Lipinski definition) is 1. The summed E-state index contributed by atoms with van der Waals surface area (Å²) in [6.45, 7) is 11.6. The fourth-order valence-corrected chi connectivity index (χ4v) is 2.76. The van der Waals surface area contributed by atoms with Crippen LogP contribution in [0.4, 0.5) is 5.82 Å². The van der Waals surface area contributed by atoms with Crippen LogP contribution in [0.5, 0.6) is 0 Å². The lowest BCUT2D eigenvalue weighted by Gasteiger charge is -2.10. The van der Waals surface area contributed by atoms with Crippen LogP contribution >= 0.6 is 0 Å². The van der Waals surface area contributed by atoms with Crippen LogP contribution in [-0.4, -0.2) is 26.1 Å². The summed E-state index contributed by atoms with van der Waals surface area (Å²) in [4.78, 5) is 13.5. The zero-order valence-corrected chi connectivity index (χ0v) is 14.4. The van der Waals surface area contributed by atoms with Gasteiger partial charge < -0.3 is 5.32 Å². The van der Waals surface area contributed by atoms with Gasteiger partial charge >= 0.3 is 0 Å². The van der Waals surface area contributed by atoms with Gasteiger partial charge in [-0.2, -0.15) is 0 Å². The van der Waals surface area contributed by atoms with E-state index in [0.29, 0.717) is 5.92 Å². The van der Waals surface area contributed by atoms with E-state index in [2.05, 4.69) is 65.5 Å². The molecule has 5 heteroatoms. The molecule has 1 N–H and O–H groups in total. The molecule has 0 aliphatic rings. The van der Waals surface area contributed by atoms with Gasteiger partial charge in [-0.05, 0) is 49.9 Å². The smallest absolute Gasteiger partial charge is 0.151 e. The molecule has 0 spiro atoms. The van der Waals surface area contributed by atoms with Crippen LogP contribution in [0.2, 0.25) is 0 Å². The molecule has 0 saturated carbocycles.